The van der Waals surface area contributed by atoms with E-state index in [2.05, 4.69) is 14.8 Å². The van der Waals surface area contributed by atoms with Gasteiger partial charge in [0.15, 0.2) is 5.82 Å². The van der Waals surface area contributed by atoms with Crippen molar-refractivity contribution in [1.29, 1.82) is 0 Å². The van der Waals surface area contributed by atoms with Gasteiger partial charge in [0.05, 0.1) is 13.0 Å². The van der Waals surface area contributed by atoms with Crippen molar-refractivity contribution in [1.82, 2.24) is 24.6 Å². The molecule has 0 N–H and O–H groups in total. The summed E-state index contributed by atoms with van der Waals surface area (Å²) in [6.07, 6.45) is 1.90. The van der Waals surface area contributed by atoms with Gasteiger partial charge in [0.2, 0.25) is 11.8 Å². The first-order chi connectivity index (χ1) is 14.6. The number of nitrogens with zero attached hydrogens (tertiary/aromatic N) is 5. The van der Waals surface area contributed by atoms with E-state index in [0.717, 1.165) is 31.0 Å². The van der Waals surface area contributed by atoms with Crippen LogP contribution in [0.3, 0.4) is 0 Å². The maximum absolute atomic E-state index is 13.9. The molecule has 9 heteroatoms. The number of hydrogen-bond donors (Lipinski definition) is 0. The van der Waals surface area contributed by atoms with Gasteiger partial charge in [0.1, 0.15) is 18.2 Å². The Kier molecular flexibility index (Phi) is 6.08. The number of hydrogen-bond acceptors (Lipinski definition) is 5. The molecule has 30 heavy (non-hydrogen) atoms. The highest BCUT2D eigenvalue weighted by Crippen LogP contribution is 2.28. The molecule has 0 radical (unpaired) electrons. The molecule has 1 aromatic carbocycles. The van der Waals surface area contributed by atoms with Crippen LogP contribution in [0.25, 0.3) is 0 Å². The summed E-state index contributed by atoms with van der Waals surface area (Å²) in [5.41, 5.74) is 0.401. The number of rotatable bonds is 5. The molecule has 160 valence electrons. The zero-order valence-corrected chi connectivity index (χ0v) is 17.1. The van der Waals surface area contributed by atoms with E-state index in [1.54, 1.807) is 23.1 Å². The van der Waals surface area contributed by atoms with Gasteiger partial charge in [-0.3, -0.25) is 9.59 Å². The maximum atomic E-state index is 13.9. The van der Waals surface area contributed by atoms with Crippen LogP contribution in [0, 0.1) is 5.82 Å². The molecule has 2 aliphatic rings. The highest BCUT2D eigenvalue weighted by molar-refractivity contribution is 5.79. The van der Waals surface area contributed by atoms with Crippen molar-refractivity contribution in [2.24, 2.45) is 0 Å². The molecule has 1 fully saturated rings. The van der Waals surface area contributed by atoms with Crippen LogP contribution >= 0.6 is 0 Å². The minimum Gasteiger partial charge on any atom is -0.375 e. The smallest absolute Gasteiger partial charge is 0.248 e. The average molecular weight is 415 g/mol. The number of aromatic nitrogens is 3. The lowest BCUT2D eigenvalue weighted by Crippen LogP contribution is -2.42. The van der Waals surface area contributed by atoms with Crippen molar-refractivity contribution < 1.29 is 18.7 Å². The number of fused-ring (bicyclic) bond motifs is 1. The third-order valence-electron chi connectivity index (χ3n) is 5.84. The number of benzene rings is 1. The monoisotopic (exact) mass is 415 g/mol. The SMILES string of the molecule is COCC(=O)N1CCCC(c2nnc3n2CCN(C(=O)Cc2ccccc2F)C3)C1. The fraction of sp³-hybridized carbons (Fsp3) is 0.524. The third-order valence-corrected chi connectivity index (χ3v) is 5.84. The number of halogens is 1. The van der Waals surface area contributed by atoms with Gasteiger partial charge in [0.25, 0.3) is 0 Å². The first kappa shape index (κ1) is 20.5. The Labute approximate surface area is 174 Å². The molecule has 1 aromatic heterocycles. The molecular weight excluding hydrogens is 389 g/mol. The van der Waals surface area contributed by atoms with Crippen molar-refractivity contribution in [2.45, 2.75) is 38.3 Å². The summed E-state index contributed by atoms with van der Waals surface area (Å²) >= 11 is 0. The van der Waals surface area contributed by atoms with Crippen LogP contribution in [0.15, 0.2) is 24.3 Å². The molecule has 4 rings (SSSR count). The minimum atomic E-state index is -0.363. The molecule has 1 unspecified atom stereocenters. The standard InChI is InChI=1S/C21H26FN5O3/c1-30-14-20(29)25-8-4-6-16(12-25)21-24-23-18-13-26(9-10-27(18)21)19(28)11-15-5-2-3-7-17(15)22/h2-3,5,7,16H,4,6,8-14H2,1H3. The van der Waals surface area contributed by atoms with Gasteiger partial charge in [-0.25, -0.2) is 4.39 Å². The Morgan fingerprint density at radius 3 is 2.77 bits per heavy atom. The van der Waals surface area contributed by atoms with Gasteiger partial charge in [-0.2, -0.15) is 0 Å². The van der Waals surface area contributed by atoms with Crippen LogP contribution < -0.4 is 0 Å². The topological polar surface area (TPSA) is 80.6 Å². The summed E-state index contributed by atoms with van der Waals surface area (Å²) in [7, 11) is 1.52. The van der Waals surface area contributed by atoms with Gasteiger partial charge >= 0.3 is 0 Å². The van der Waals surface area contributed by atoms with E-state index in [0.29, 0.717) is 31.7 Å². The zero-order chi connectivity index (χ0) is 21.1. The number of likely N-dealkylation sites (tertiary alicyclic amines) is 1. The van der Waals surface area contributed by atoms with Crippen molar-refractivity contribution in [2.75, 3.05) is 33.4 Å². The Hall–Kier alpha value is -2.81. The first-order valence-electron chi connectivity index (χ1n) is 10.3. The van der Waals surface area contributed by atoms with Crippen molar-refractivity contribution in [3.05, 3.63) is 47.3 Å². The van der Waals surface area contributed by atoms with E-state index in [1.165, 1.54) is 13.2 Å². The minimum absolute atomic E-state index is 0.00880. The number of piperidine rings is 1. The average Bonchev–Trinajstić information content (AvgIpc) is 3.19. The molecule has 0 bridgehead atoms. The summed E-state index contributed by atoms with van der Waals surface area (Å²) in [6.45, 7) is 2.92. The Balaban J connectivity index is 1.42. The van der Waals surface area contributed by atoms with Gasteiger partial charge in [-0.05, 0) is 24.5 Å². The summed E-state index contributed by atoms with van der Waals surface area (Å²) in [4.78, 5) is 28.4. The zero-order valence-electron chi connectivity index (χ0n) is 17.1. The lowest BCUT2D eigenvalue weighted by molar-refractivity contribution is -0.136. The van der Waals surface area contributed by atoms with Gasteiger partial charge in [-0.1, -0.05) is 18.2 Å². The fourth-order valence-corrected chi connectivity index (χ4v) is 4.24. The van der Waals surface area contributed by atoms with Crippen molar-refractivity contribution in [3.8, 4) is 0 Å². The lowest BCUT2D eigenvalue weighted by atomic mass is 9.97. The van der Waals surface area contributed by atoms with E-state index in [9.17, 15) is 14.0 Å². The van der Waals surface area contributed by atoms with Crippen LogP contribution in [0.1, 0.15) is 36.0 Å². The molecule has 3 heterocycles. The summed E-state index contributed by atoms with van der Waals surface area (Å²) in [5, 5.41) is 8.71. The number of carbonyl (C=O) groups excluding carboxylic acids is 2. The Morgan fingerprint density at radius 1 is 1.13 bits per heavy atom. The molecule has 1 saturated heterocycles. The van der Waals surface area contributed by atoms with Crippen LogP contribution in [-0.4, -0.2) is 69.7 Å². The van der Waals surface area contributed by atoms with E-state index in [4.69, 9.17) is 4.74 Å². The van der Waals surface area contributed by atoms with E-state index < -0.39 is 0 Å². The fourth-order valence-electron chi connectivity index (χ4n) is 4.24. The molecule has 0 spiro atoms. The first-order valence-corrected chi connectivity index (χ1v) is 10.3. The molecule has 2 aliphatic heterocycles. The molecule has 0 aliphatic carbocycles. The van der Waals surface area contributed by atoms with Gasteiger partial charge < -0.3 is 19.1 Å². The number of carbonyl (C=O) groups is 2. The van der Waals surface area contributed by atoms with Crippen LogP contribution in [-0.2, 0) is 33.8 Å². The lowest BCUT2D eigenvalue weighted by Gasteiger charge is -2.33. The molecule has 2 amide bonds. The number of methoxy groups -OCH3 is 1. The van der Waals surface area contributed by atoms with E-state index in [-0.39, 0.29) is 36.6 Å². The summed E-state index contributed by atoms with van der Waals surface area (Å²) in [5.74, 6) is 1.25. The van der Waals surface area contributed by atoms with Crippen molar-refractivity contribution >= 4 is 11.8 Å². The number of amides is 2. The van der Waals surface area contributed by atoms with E-state index in [1.807, 2.05) is 4.90 Å². The highest BCUT2D eigenvalue weighted by atomic mass is 19.1. The Morgan fingerprint density at radius 2 is 1.97 bits per heavy atom. The second-order valence-corrected chi connectivity index (χ2v) is 7.82. The molecule has 0 saturated carbocycles. The summed E-state index contributed by atoms with van der Waals surface area (Å²) < 4.78 is 20.9. The van der Waals surface area contributed by atoms with Gasteiger partial charge in [0, 0.05) is 39.2 Å². The molecule has 1 atom stereocenters. The van der Waals surface area contributed by atoms with Crippen LogP contribution in [0.5, 0.6) is 0 Å². The largest absolute Gasteiger partial charge is 0.375 e. The molecule has 8 nitrogen and oxygen atoms in total. The predicted molar refractivity (Wildman–Crippen MR) is 106 cm³/mol. The van der Waals surface area contributed by atoms with Crippen molar-refractivity contribution in [3.63, 3.8) is 0 Å². The maximum Gasteiger partial charge on any atom is 0.248 e. The quantitative estimate of drug-likeness (QED) is 0.737. The summed E-state index contributed by atoms with van der Waals surface area (Å²) in [6, 6.07) is 6.35. The molecule has 2 aromatic rings. The predicted octanol–water partition coefficient (Wildman–Crippen LogP) is 1.35. The van der Waals surface area contributed by atoms with E-state index >= 15 is 0 Å². The highest BCUT2D eigenvalue weighted by Gasteiger charge is 2.31. The second kappa shape index (κ2) is 8.91. The second-order valence-electron chi connectivity index (χ2n) is 7.82. The van der Waals surface area contributed by atoms with Crippen LogP contribution in [0.2, 0.25) is 0 Å². The number of ether oxygens (including phenoxy) is 1. The third kappa shape index (κ3) is 4.21. The molecular formula is C21H26FN5O3. The Bertz CT molecular complexity index is 931. The van der Waals surface area contributed by atoms with Crippen LogP contribution in [0.4, 0.5) is 4.39 Å². The normalized spacial score (nSPS) is 18.9. The van der Waals surface area contributed by atoms with Gasteiger partial charge in [-0.15, -0.1) is 10.2 Å².